The minimum Gasteiger partial charge on any atom is -0.465 e. The molecular formula is C15H15N3O. The van der Waals surface area contributed by atoms with Gasteiger partial charge in [-0.1, -0.05) is 18.2 Å². The standard InChI is InChI=1S/C15H15N3O/c1-10-6-7-11(19-10)8-18-15-12-4-2-3-5-14(12)17-9-13(15)16/h2-7,9H,8,16H2,1H3,(H,17,18). The molecule has 0 aliphatic carbocycles. The molecule has 0 aliphatic rings. The van der Waals surface area contributed by atoms with Crippen LogP contribution < -0.4 is 11.1 Å². The summed E-state index contributed by atoms with van der Waals surface area (Å²) in [5.74, 6) is 1.79. The highest BCUT2D eigenvalue weighted by atomic mass is 16.3. The zero-order valence-corrected chi connectivity index (χ0v) is 10.7. The summed E-state index contributed by atoms with van der Waals surface area (Å²) in [7, 11) is 0. The molecule has 3 N–H and O–H groups in total. The average Bonchev–Trinajstić information content (AvgIpc) is 2.83. The number of benzene rings is 1. The number of pyridine rings is 1. The minimum atomic E-state index is 0.603. The average molecular weight is 253 g/mol. The fourth-order valence-electron chi connectivity index (χ4n) is 2.11. The van der Waals surface area contributed by atoms with Gasteiger partial charge in [0.15, 0.2) is 0 Å². The number of furan rings is 1. The van der Waals surface area contributed by atoms with E-state index in [1.807, 2.05) is 43.3 Å². The molecule has 0 atom stereocenters. The molecule has 0 bridgehead atoms. The second-order valence-electron chi connectivity index (χ2n) is 4.47. The number of hydrogen-bond donors (Lipinski definition) is 2. The Labute approximate surface area is 111 Å². The number of aryl methyl sites for hydroxylation is 1. The van der Waals surface area contributed by atoms with Crippen molar-refractivity contribution in [2.75, 3.05) is 11.1 Å². The molecule has 0 unspecified atom stereocenters. The summed E-state index contributed by atoms with van der Waals surface area (Å²) in [4.78, 5) is 4.31. The van der Waals surface area contributed by atoms with E-state index < -0.39 is 0 Å². The van der Waals surface area contributed by atoms with Gasteiger partial charge in [0, 0.05) is 5.39 Å². The Bertz CT molecular complexity index is 718. The van der Waals surface area contributed by atoms with Gasteiger partial charge in [-0.3, -0.25) is 4.98 Å². The van der Waals surface area contributed by atoms with Crippen molar-refractivity contribution in [3.05, 3.63) is 54.1 Å². The normalized spacial score (nSPS) is 10.8. The van der Waals surface area contributed by atoms with Crippen LogP contribution in [0.15, 0.2) is 47.0 Å². The van der Waals surface area contributed by atoms with Crippen molar-refractivity contribution in [1.82, 2.24) is 4.98 Å². The van der Waals surface area contributed by atoms with Crippen molar-refractivity contribution < 1.29 is 4.42 Å². The smallest absolute Gasteiger partial charge is 0.123 e. The van der Waals surface area contributed by atoms with Crippen LogP contribution >= 0.6 is 0 Å². The number of hydrogen-bond acceptors (Lipinski definition) is 4. The first-order valence-electron chi connectivity index (χ1n) is 6.16. The Morgan fingerprint density at radius 3 is 2.84 bits per heavy atom. The summed E-state index contributed by atoms with van der Waals surface area (Å²) in [5, 5.41) is 4.35. The van der Waals surface area contributed by atoms with Crippen molar-refractivity contribution in [2.24, 2.45) is 0 Å². The van der Waals surface area contributed by atoms with Gasteiger partial charge in [0.25, 0.3) is 0 Å². The van der Waals surface area contributed by atoms with Gasteiger partial charge in [0.2, 0.25) is 0 Å². The van der Waals surface area contributed by atoms with E-state index in [-0.39, 0.29) is 0 Å². The lowest BCUT2D eigenvalue weighted by atomic mass is 10.1. The maximum atomic E-state index is 6.00. The summed E-state index contributed by atoms with van der Waals surface area (Å²) in [6.45, 7) is 2.53. The summed E-state index contributed by atoms with van der Waals surface area (Å²) < 4.78 is 5.54. The molecular weight excluding hydrogens is 238 g/mol. The molecule has 0 aliphatic heterocycles. The number of fused-ring (bicyclic) bond motifs is 1. The molecule has 2 aromatic heterocycles. The minimum absolute atomic E-state index is 0.603. The van der Waals surface area contributed by atoms with Gasteiger partial charge in [0.1, 0.15) is 11.5 Å². The molecule has 0 saturated carbocycles. The predicted molar refractivity (Wildman–Crippen MR) is 76.9 cm³/mol. The van der Waals surface area contributed by atoms with Gasteiger partial charge in [0.05, 0.1) is 29.6 Å². The topological polar surface area (TPSA) is 64.1 Å². The molecule has 0 amide bonds. The third kappa shape index (κ3) is 2.25. The predicted octanol–water partition coefficient (Wildman–Crippen LogP) is 3.33. The third-order valence-corrected chi connectivity index (χ3v) is 3.04. The van der Waals surface area contributed by atoms with E-state index in [0.717, 1.165) is 28.1 Å². The number of aromatic nitrogens is 1. The van der Waals surface area contributed by atoms with E-state index in [2.05, 4.69) is 10.3 Å². The highest BCUT2D eigenvalue weighted by Gasteiger charge is 2.07. The lowest BCUT2D eigenvalue weighted by Crippen LogP contribution is -2.03. The molecule has 3 rings (SSSR count). The van der Waals surface area contributed by atoms with Gasteiger partial charge in [-0.2, -0.15) is 0 Å². The number of nitrogens with one attached hydrogen (secondary N) is 1. The number of nitrogen functional groups attached to an aromatic ring is 1. The largest absolute Gasteiger partial charge is 0.465 e. The fraction of sp³-hybridized carbons (Fsp3) is 0.133. The van der Waals surface area contributed by atoms with Crippen molar-refractivity contribution in [3.8, 4) is 0 Å². The Balaban J connectivity index is 1.93. The third-order valence-electron chi connectivity index (χ3n) is 3.04. The quantitative estimate of drug-likeness (QED) is 0.751. The molecule has 0 spiro atoms. The molecule has 2 heterocycles. The van der Waals surface area contributed by atoms with Crippen LogP contribution in [-0.4, -0.2) is 4.98 Å². The second-order valence-corrected chi connectivity index (χ2v) is 4.47. The number of para-hydroxylation sites is 1. The van der Waals surface area contributed by atoms with E-state index in [9.17, 15) is 0 Å². The van der Waals surface area contributed by atoms with Crippen LogP contribution in [0.3, 0.4) is 0 Å². The molecule has 4 nitrogen and oxygen atoms in total. The van der Waals surface area contributed by atoms with Gasteiger partial charge in [-0.25, -0.2) is 0 Å². The Hall–Kier alpha value is -2.49. The molecule has 19 heavy (non-hydrogen) atoms. The number of nitrogens with zero attached hydrogens (tertiary/aromatic N) is 1. The molecule has 0 radical (unpaired) electrons. The van der Waals surface area contributed by atoms with Gasteiger partial charge >= 0.3 is 0 Å². The molecule has 3 aromatic rings. The Morgan fingerprint density at radius 2 is 2.05 bits per heavy atom. The van der Waals surface area contributed by atoms with E-state index in [4.69, 9.17) is 10.2 Å². The van der Waals surface area contributed by atoms with Crippen LogP contribution in [0.2, 0.25) is 0 Å². The first-order chi connectivity index (χ1) is 9.24. The van der Waals surface area contributed by atoms with Crippen molar-refractivity contribution in [2.45, 2.75) is 13.5 Å². The van der Waals surface area contributed by atoms with Crippen molar-refractivity contribution in [3.63, 3.8) is 0 Å². The van der Waals surface area contributed by atoms with E-state index in [0.29, 0.717) is 12.2 Å². The van der Waals surface area contributed by atoms with Crippen LogP contribution in [0.5, 0.6) is 0 Å². The highest BCUT2D eigenvalue weighted by Crippen LogP contribution is 2.28. The fourth-order valence-corrected chi connectivity index (χ4v) is 2.11. The lowest BCUT2D eigenvalue weighted by Gasteiger charge is -2.11. The Morgan fingerprint density at radius 1 is 1.21 bits per heavy atom. The monoisotopic (exact) mass is 253 g/mol. The maximum Gasteiger partial charge on any atom is 0.123 e. The molecule has 1 aromatic carbocycles. The molecule has 96 valence electrons. The SMILES string of the molecule is Cc1ccc(CNc2c(N)cnc3ccccc23)o1. The summed E-state index contributed by atoms with van der Waals surface area (Å²) in [6.07, 6.45) is 1.68. The zero-order chi connectivity index (χ0) is 13.2. The van der Waals surface area contributed by atoms with Crippen molar-refractivity contribution in [1.29, 1.82) is 0 Å². The van der Waals surface area contributed by atoms with Crippen LogP contribution in [-0.2, 0) is 6.54 Å². The van der Waals surface area contributed by atoms with Crippen LogP contribution in [0, 0.1) is 6.92 Å². The summed E-state index contributed by atoms with van der Waals surface area (Å²) in [6, 6.07) is 11.8. The molecule has 4 heteroatoms. The van der Waals surface area contributed by atoms with Crippen LogP contribution in [0.4, 0.5) is 11.4 Å². The van der Waals surface area contributed by atoms with Crippen LogP contribution in [0.1, 0.15) is 11.5 Å². The number of anilines is 2. The number of rotatable bonds is 3. The highest BCUT2D eigenvalue weighted by molar-refractivity contribution is 5.96. The van der Waals surface area contributed by atoms with Gasteiger partial charge in [-0.05, 0) is 25.1 Å². The van der Waals surface area contributed by atoms with E-state index in [1.165, 1.54) is 0 Å². The second kappa shape index (κ2) is 4.65. The molecule has 0 fully saturated rings. The van der Waals surface area contributed by atoms with E-state index in [1.54, 1.807) is 6.20 Å². The summed E-state index contributed by atoms with van der Waals surface area (Å²) >= 11 is 0. The van der Waals surface area contributed by atoms with Gasteiger partial charge < -0.3 is 15.5 Å². The zero-order valence-electron chi connectivity index (χ0n) is 10.7. The Kier molecular flexibility index (Phi) is 2.83. The maximum absolute atomic E-state index is 6.00. The van der Waals surface area contributed by atoms with Crippen molar-refractivity contribution >= 4 is 22.3 Å². The molecule has 0 saturated heterocycles. The van der Waals surface area contributed by atoms with Crippen LogP contribution in [0.25, 0.3) is 10.9 Å². The summed E-state index contributed by atoms with van der Waals surface area (Å²) in [5.41, 5.74) is 8.47. The lowest BCUT2D eigenvalue weighted by molar-refractivity contribution is 0.490. The van der Waals surface area contributed by atoms with Gasteiger partial charge in [-0.15, -0.1) is 0 Å². The first-order valence-corrected chi connectivity index (χ1v) is 6.16. The van der Waals surface area contributed by atoms with E-state index >= 15 is 0 Å². The first kappa shape index (κ1) is 11.6. The number of nitrogens with two attached hydrogens (primary N) is 1.